The van der Waals surface area contributed by atoms with Crippen molar-refractivity contribution in [3.8, 4) is 5.69 Å². The van der Waals surface area contributed by atoms with Gasteiger partial charge in [-0.15, -0.1) is 0 Å². The number of amides is 1. The van der Waals surface area contributed by atoms with Crippen LogP contribution in [0.15, 0.2) is 67.0 Å². The zero-order valence-corrected chi connectivity index (χ0v) is 14.7. The largest absolute Gasteiger partial charge is 0.350 e. The number of nitrogens with zero attached hydrogens (tertiary/aromatic N) is 3. The molecule has 4 rings (SSSR count). The number of fused-ring (bicyclic) bond motifs is 1. The molecule has 1 atom stereocenters. The molecule has 4 nitrogen and oxygen atoms in total. The van der Waals surface area contributed by atoms with E-state index in [2.05, 4.69) is 52.9 Å². The molecule has 0 aliphatic carbocycles. The fourth-order valence-electron chi connectivity index (χ4n) is 3.55. The number of aryl methyl sites for hydroxylation is 1. The Kier molecular flexibility index (Phi) is 3.61. The van der Waals surface area contributed by atoms with Gasteiger partial charge in [-0.1, -0.05) is 29.8 Å². The molecule has 3 aromatic rings. The lowest BCUT2D eigenvalue weighted by Crippen LogP contribution is -2.45. The zero-order valence-electron chi connectivity index (χ0n) is 14.7. The molecule has 0 saturated heterocycles. The van der Waals surface area contributed by atoms with Crippen molar-refractivity contribution in [3.05, 3.63) is 83.7 Å². The number of rotatable bonds is 2. The van der Waals surface area contributed by atoms with E-state index in [0.717, 1.165) is 22.5 Å². The number of carbonyl (C=O) groups excluding carboxylic acids is 1. The van der Waals surface area contributed by atoms with Crippen LogP contribution in [-0.4, -0.2) is 29.5 Å². The number of benzene rings is 2. The summed E-state index contributed by atoms with van der Waals surface area (Å²) in [5, 5.41) is 0. The molecule has 0 unspecified atom stereocenters. The smallest absolute Gasteiger partial charge is 0.257 e. The molecule has 0 radical (unpaired) electrons. The van der Waals surface area contributed by atoms with E-state index in [1.807, 2.05) is 44.6 Å². The van der Waals surface area contributed by atoms with Crippen LogP contribution in [0.3, 0.4) is 0 Å². The van der Waals surface area contributed by atoms with E-state index in [1.54, 1.807) is 4.90 Å². The lowest BCUT2D eigenvalue weighted by Gasteiger charge is -2.41. The standard InChI is InChI=1S/C21H21N3O/c1-15-8-10-17(11-9-15)24-13-12-16(14-24)20-22(2)19-7-5-4-6-18(19)21(25)23(20)3/h4-14,20H,1-3H3/t20-/m1/s1. The Bertz CT molecular complexity index is 926. The molecule has 2 aromatic carbocycles. The van der Waals surface area contributed by atoms with Crippen LogP contribution in [0.5, 0.6) is 0 Å². The predicted molar refractivity (Wildman–Crippen MR) is 100 cm³/mol. The second-order valence-electron chi connectivity index (χ2n) is 6.61. The van der Waals surface area contributed by atoms with Crippen molar-refractivity contribution in [1.29, 1.82) is 0 Å². The maximum absolute atomic E-state index is 12.8. The summed E-state index contributed by atoms with van der Waals surface area (Å²) in [5.41, 5.74) is 5.17. The van der Waals surface area contributed by atoms with Crippen molar-refractivity contribution in [1.82, 2.24) is 9.47 Å². The van der Waals surface area contributed by atoms with Crippen LogP contribution >= 0.6 is 0 Å². The molecule has 0 spiro atoms. The fraction of sp³-hybridized carbons (Fsp3) is 0.190. The lowest BCUT2D eigenvalue weighted by atomic mass is 10.0. The molecule has 4 heteroatoms. The highest BCUT2D eigenvalue weighted by molar-refractivity contribution is 6.01. The van der Waals surface area contributed by atoms with Crippen molar-refractivity contribution in [2.24, 2.45) is 0 Å². The monoisotopic (exact) mass is 331 g/mol. The first kappa shape index (κ1) is 15.5. The summed E-state index contributed by atoms with van der Waals surface area (Å²) >= 11 is 0. The van der Waals surface area contributed by atoms with Crippen LogP contribution in [-0.2, 0) is 0 Å². The Labute approximate surface area is 147 Å². The molecule has 1 aromatic heterocycles. The number of anilines is 1. The summed E-state index contributed by atoms with van der Waals surface area (Å²) in [7, 11) is 3.90. The van der Waals surface area contributed by atoms with Crippen molar-refractivity contribution in [2.75, 3.05) is 19.0 Å². The second kappa shape index (κ2) is 5.81. The molecular formula is C21H21N3O. The average Bonchev–Trinajstić information content (AvgIpc) is 3.10. The molecule has 0 N–H and O–H groups in total. The highest BCUT2D eigenvalue weighted by atomic mass is 16.2. The van der Waals surface area contributed by atoms with Gasteiger partial charge in [-0.3, -0.25) is 4.79 Å². The van der Waals surface area contributed by atoms with Gasteiger partial charge in [0.1, 0.15) is 6.17 Å². The van der Waals surface area contributed by atoms with E-state index in [-0.39, 0.29) is 12.1 Å². The van der Waals surface area contributed by atoms with E-state index in [0.29, 0.717) is 0 Å². The van der Waals surface area contributed by atoms with Crippen molar-refractivity contribution in [3.63, 3.8) is 0 Å². The number of hydrogen-bond acceptors (Lipinski definition) is 2. The van der Waals surface area contributed by atoms with E-state index >= 15 is 0 Å². The zero-order chi connectivity index (χ0) is 17.6. The number of hydrogen-bond donors (Lipinski definition) is 0. The van der Waals surface area contributed by atoms with Crippen LogP contribution in [0.25, 0.3) is 5.69 Å². The van der Waals surface area contributed by atoms with Gasteiger partial charge in [0.2, 0.25) is 0 Å². The summed E-state index contributed by atoms with van der Waals surface area (Å²) in [6.07, 6.45) is 4.03. The van der Waals surface area contributed by atoms with Gasteiger partial charge in [-0.25, -0.2) is 0 Å². The van der Waals surface area contributed by atoms with Gasteiger partial charge in [0.15, 0.2) is 0 Å². The normalized spacial score (nSPS) is 16.9. The molecule has 2 heterocycles. The van der Waals surface area contributed by atoms with Gasteiger partial charge in [-0.2, -0.15) is 0 Å². The van der Waals surface area contributed by atoms with Crippen molar-refractivity contribution in [2.45, 2.75) is 13.1 Å². The Morgan fingerprint density at radius 1 is 0.880 bits per heavy atom. The van der Waals surface area contributed by atoms with Gasteiger partial charge >= 0.3 is 0 Å². The first-order chi connectivity index (χ1) is 12.1. The van der Waals surface area contributed by atoms with Gasteiger partial charge < -0.3 is 14.4 Å². The lowest BCUT2D eigenvalue weighted by molar-refractivity contribution is 0.0711. The third-order valence-corrected chi connectivity index (χ3v) is 4.91. The van der Waals surface area contributed by atoms with E-state index < -0.39 is 0 Å². The third-order valence-electron chi connectivity index (χ3n) is 4.91. The molecule has 0 fully saturated rings. The molecule has 25 heavy (non-hydrogen) atoms. The van der Waals surface area contributed by atoms with Crippen LogP contribution in [0.1, 0.15) is 27.7 Å². The molecule has 0 saturated carbocycles. The molecular weight excluding hydrogens is 310 g/mol. The van der Waals surface area contributed by atoms with Gasteiger partial charge in [0, 0.05) is 37.7 Å². The topological polar surface area (TPSA) is 28.5 Å². The minimum Gasteiger partial charge on any atom is -0.350 e. The predicted octanol–water partition coefficient (Wildman–Crippen LogP) is 4.01. The minimum absolute atomic E-state index is 0.0572. The Hall–Kier alpha value is -3.01. The highest BCUT2D eigenvalue weighted by Crippen LogP contribution is 2.36. The van der Waals surface area contributed by atoms with Crippen molar-refractivity contribution >= 4 is 11.6 Å². The van der Waals surface area contributed by atoms with Gasteiger partial charge in [0.05, 0.1) is 11.3 Å². The summed E-state index contributed by atoms with van der Waals surface area (Å²) in [6, 6.07) is 18.3. The summed E-state index contributed by atoms with van der Waals surface area (Å²) < 4.78 is 2.10. The molecule has 1 aliphatic heterocycles. The molecule has 1 aliphatic rings. The first-order valence-electron chi connectivity index (χ1n) is 8.40. The third kappa shape index (κ3) is 2.50. The van der Waals surface area contributed by atoms with E-state index in [4.69, 9.17) is 0 Å². The van der Waals surface area contributed by atoms with Crippen LogP contribution in [0.4, 0.5) is 5.69 Å². The minimum atomic E-state index is -0.117. The molecule has 1 amide bonds. The molecule has 126 valence electrons. The van der Waals surface area contributed by atoms with Gasteiger partial charge in [-0.05, 0) is 37.3 Å². The number of para-hydroxylation sites is 1. The first-order valence-corrected chi connectivity index (χ1v) is 8.40. The quantitative estimate of drug-likeness (QED) is 0.710. The highest BCUT2D eigenvalue weighted by Gasteiger charge is 2.34. The Balaban J connectivity index is 1.73. The average molecular weight is 331 g/mol. The van der Waals surface area contributed by atoms with E-state index in [1.165, 1.54) is 5.56 Å². The van der Waals surface area contributed by atoms with Gasteiger partial charge in [0.25, 0.3) is 5.91 Å². The maximum Gasteiger partial charge on any atom is 0.257 e. The second-order valence-corrected chi connectivity index (χ2v) is 6.61. The fourth-order valence-corrected chi connectivity index (χ4v) is 3.55. The summed E-state index contributed by atoms with van der Waals surface area (Å²) in [5.74, 6) is 0.0572. The van der Waals surface area contributed by atoms with Crippen LogP contribution in [0.2, 0.25) is 0 Å². The summed E-state index contributed by atoms with van der Waals surface area (Å²) in [4.78, 5) is 16.7. The summed E-state index contributed by atoms with van der Waals surface area (Å²) in [6.45, 7) is 2.08. The maximum atomic E-state index is 12.8. The number of aromatic nitrogens is 1. The SMILES string of the molecule is Cc1ccc(-n2ccc([C@H]3N(C)C(=O)c4ccccc4N3C)c2)cc1. The van der Waals surface area contributed by atoms with E-state index in [9.17, 15) is 4.79 Å². The van der Waals surface area contributed by atoms with Crippen LogP contribution in [0, 0.1) is 6.92 Å². The Morgan fingerprint density at radius 2 is 1.60 bits per heavy atom. The number of carbonyl (C=O) groups is 1. The Morgan fingerprint density at radius 3 is 2.36 bits per heavy atom. The van der Waals surface area contributed by atoms with Crippen LogP contribution < -0.4 is 4.90 Å². The molecule has 0 bridgehead atoms. The van der Waals surface area contributed by atoms with Crippen molar-refractivity contribution < 1.29 is 4.79 Å².